The fraction of sp³-hybridized carbons (Fsp3) is 0.267. The van der Waals surface area contributed by atoms with Gasteiger partial charge in [0.15, 0.2) is 0 Å². The van der Waals surface area contributed by atoms with Gasteiger partial charge in [-0.15, -0.1) is 0 Å². The molecular weight excluding hydrogens is 292 g/mol. The molecule has 0 saturated heterocycles. The van der Waals surface area contributed by atoms with Crippen molar-refractivity contribution in [1.29, 1.82) is 0 Å². The van der Waals surface area contributed by atoms with Crippen LogP contribution in [0.2, 0.25) is 5.02 Å². The van der Waals surface area contributed by atoms with Crippen LogP contribution in [-0.2, 0) is 11.3 Å². The fourth-order valence-electron chi connectivity index (χ4n) is 1.80. The SMILES string of the molecule is COc1ccc(-c2ccc(CN[C@@H](C)C(N)=O)o2)cc1Cl. The average molecular weight is 309 g/mol. The molecule has 0 aliphatic heterocycles. The monoisotopic (exact) mass is 308 g/mol. The Hall–Kier alpha value is -1.98. The van der Waals surface area contributed by atoms with Gasteiger partial charge in [-0.25, -0.2) is 0 Å². The smallest absolute Gasteiger partial charge is 0.234 e. The van der Waals surface area contributed by atoms with Gasteiger partial charge in [-0.3, -0.25) is 10.1 Å². The summed E-state index contributed by atoms with van der Waals surface area (Å²) in [7, 11) is 1.57. The topological polar surface area (TPSA) is 77.5 Å². The van der Waals surface area contributed by atoms with Gasteiger partial charge in [0, 0.05) is 5.56 Å². The number of primary amides is 1. The molecule has 0 bridgehead atoms. The van der Waals surface area contributed by atoms with Crippen LogP contribution in [0.25, 0.3) is 11.3 Å². The van der Waals surface area contributed by atoms with Crippen LogP contribution in [0.3, 0.4) is 0 Å². The first kappa shape index (κ1) is 15.4. The minimum absolute atomic E-state index is 0.399. The molecule has 0 saturated carbocycles. The van der Waals surface area contributed by atoms with Crippen molar-refractivity contribution in [3.8, 4) is 17.1 Å². The number of furan rings is 1. The maximum Gasteiger partial charge on any atom is 0.234 e. The predicted molar refractivity (Wildman–Crippen MR) is 81.2 cm³/mol. The molecule has 1 heterocycles. The van der Waals surface area contributed by atoms with E-state index < -0.39 is 11.9 Å². The Bertz CT molecular complexity index is 640. The highest BCUT2D eigenvalue weighted by Gasteiger charge is 2.11. The maximum atomic E-state index is 10.9. The minimum Gasteiger partial charge on any atom is -0.495 e. The second kappa shape index (κ2) is 6.65. The summed E-state index contributed by atoms with van der Waals surface area (Å²) < 4.78 is 10.8. The first-order chi connectivity index (χ1) is 10.0. The Balaban J connectivity index is 2.09. The number of carbonyl (C=O) groups is 1. The molecule has 2 aromatic rings. The van der Waals surface area contributed by atoms with Gasteiger partial charge in [-0.05, 0) is 37.3 Å². The fourth-order valence-corrected chi connectivity index (χ4v) is 2.06. The molecule has 0 fully saturated rings. The van der Waals surface area contributed by atoms with Crippen molar-refractivity contribution in [2.75, 3.05) is 7.11 Å². The third kappa shape index (κ3) is 3.77. The van der Waals surface area contributed by atoms with Crippen molar-refractivity contribution >= 4 is 17.5 Å². The van der Waals surface area contributed by atoms with Crippen molar-refractivity contribution in [2.24, 2.45) is 5.73 Å². The van der Waals surface area contributed by atoms with Gasteiger partial charge in [-0.1, -0.05) is 11.6 Å². The van der Waals surface area contributed by atoms with Crippen LogP contribution in [0.4, 0.5) is 0 Å². The summed E-state index contributed by atoms with van der Waals surface area (Å²) in [5.74, 6) is 1.63. The van der Waals surface area contributed by atoms with Crippen molar-refractivity contribution in [1.82, 2.24) is 5.32 Å². The number of amides is 1. The number of benzene rings is 1. The second-order valence-electron chi connectivity index (χ2n) is 4.62. The summed E-state index contributed by atoms with van der Waals surface area (Å²) >= 11 is 6.09. The van der Waals surface area contributed by atoms with Crippen LogP contribution >= 0.6 is 11.6 Å². The number of nitrogens with two attached hydrogens (primary N) is 1. The normalized spacial score (nSPS) is 12.1. The number of nitrogens with one attached hydrogen (secondary N) is 1. The Morgan fingerprint density at radius 2 is 2.19 bits per heavy atom. The van der Waals surface area contributed by atoms with E-state index in [1.165, 1.54) is 0 Å². The lowest BCUT2D eigenvalue weighted by molar-refractivity contribution is -0.119. The zero-order valence-electron chi connectivity index (χ0n) is 11.9. The molecule has 0 spiro atoms. The summed E-state index contributed by atoms with van der Waals surface area (Å²) in [5.41, 5.74) is 6.04. The van der Waals surface area contributed by atoms with Crippen molar-refractivity contribution in [3.05, 3.63) is 41.1 Å². The van der Waals surface area contributed by atoms with Crippen LogP contribution in [-0.4, -0.2) is 19.1 Å². The van der Waals surface area contributed by atoms with Crippen molar-refractivity contribution in [2.45, 2.75) is 19.5 Å². The first-order valence-electron chi connectivity index (χ1n) is 6.46. The quantitative estimate of drug-likeness (QED) is 0.860. The number of rotatable bonds is 6. The van der Waals surface area contributed by atoms with E-state index in [-0.39, 0.29) is 0 Å². The van der Waals surface area contributed by atoms with Crippen LogP contribution in [0.15, 0.2) is 34.7 Å². The average Bonchev–Trinajstić information content (AvgIpc) is 2.93. The van der Waals surface area contributed by atoms with E-state index in [1.807, 2.05) is 18.2 Å². The number of methoxy groups -OCH3 is 1. The largest absolute Gasteiger partial charge is 0.495 e. The van der Waals surface area contributed by atoms with Crippen molar-refractivity contribution in [3.63, 3.8) is 0 Å². The summed E-state index contributed by atoms with van der Waals surface area (Å²) in [6, 6.07) is 8.72. The van der Waals surface area contributed by atoms with Crippen LogP contribution in [0.5, 0.6) is 5.75 Å². The van der Waals surface area contributed by atoms with Gasteiger partial charge < -0.3 is 14.9 Å². The molecule has 3 N–H and O–H groups in total. The summed E-state index contributed by atoms with van der Waals surface area (Å²) in [6.45, 7) is 2.13. The Labute approximate surface area is 128 Å². The molecule has 0 aliphatic rings. The lowest BCUT2D eigenvalue weighted by Gasteiger charge is -2.08. The molecule has 1 amide bonds. The Kier molecular flexibility index (Phi) is 4.88. The van der Waals surface area contributed by atoms with E-state index in [0.29, 0.717) is 28.8 Å². The standard InChI is InChI=1S/C15H17ClN2O3/c1-9(15(17)19)18-8-11-4-6-13(21-11)10-3-5-14(20-2)12(16)7-10/h3-7,9,18H,8H2,1-2H3,(H2,17,19)/t9-/m0/s1. The number of halogens is 1. The molecule has 0 unspecified atom stereocenters. The molecule has 2 rings (SSSR count). The molecule has 1 aromatic heterocycles. The number of hydrogen-bond acceptors (Lipinski definition) is 4. The van der Waals surface area contributed by atoms with Gasteiger partial charge in [0.05, 0.1) is 24.7 Å². The molecular formula is C15H17ClN2O3. The highest BCUT2D eigenvalue weighted by molar-refractivity contribution is 6.32. The van der Waals surface area contributed by atoms with E-state index in [4.69, 9.17) is 26.5 Å². The molecule has 112 valence electrons. The number of ether oxygens (including phenoxy) is 1. The molecule has 0 aliphatic carbocycles. The predicted octanol–water partition coefficient (Wildman–Crippen LogP) is 2.57. The van der Waals surface area contributed by atoms with E-state index in [2.05, 4.69) is 5.32 Å². The molecule has 21 heavy (non-hydrogen) atoms. The first-order valence-corrected chi connectivity index (χ1v) is 6.84. The van der Waals surface area contributed by atoms with Crippen LogP contribution in [0, 0.1) is 0 Å². The van der Waals surface area contributed by atoms with E-state index >= 15 is 0 Å². The molecule has 6 heteroatoms. The second-order valence-corrected chi connectivity index (χ2v) is 5.03. The van der Waals surface area contributed by atoms with Crippen molar-refractivity contribution < 1.29 is 13.9 Å². The number of hydrogen-bond donors (Lipinski definition) is 2. The van der Waals surface area contributed by atoms with E-state index in [9.17, 15) is 4.79 Å². The van der Waals surface area contributed by atoms with Gasteiger partial charge in [0.25, 0.3) is 0 Å². The summed E-state index contributed by atoms with van der Waals surface area (Å²) in [4.78, 5) is 10.9. The van der Waals surface area contributed by atoms with E-state index in [0.717, 1.165) is 5.56 Å². The van der Waals surface area contributed by atoms with Gasteiger partial charge in [0.2, 0.25) is 5.91 Å². The highest BCUT2D eigenvalue weighted by Crippen LogP contribution is 2.31. The maximum absolute atomic E-state index is 10.9. The zero-order valence-corrected chi connectivity index (χ0v) is 12.6. The highest BCUT2D eigenvalue weighted by atomic mass is 35.5. The minimum atomic E-state index is -0.408. The zero-order chi connectivity index (χ0) is 15.4. The lowest BCUT2D eigenvalue weighted by Crippen LogP contribution is -2.38. The summed E-state index contributed by atoms with van der Waals surface area (Å²) in [6.07, 6.45) is 0. The molecule has 1 aromatic carbocycles. The molecule has 0 radical (unpaired) electrons. The number of carbonyl (C=O) groups excluding carboxylic acids is 1. The third-order valence-corrected chi connectivity index (χ3v) is 3.40. The van der Waals surface area contributed by atoms with Gasteiger partial charge in [-0.2, -0.15) is 0 Å². The van der Waals surface area contributed by atoms with Crippen LogP contribution in [0.1, 0.15) is 12.7 Å². The molecule has 5 nitrogen and oxygen atoms in total. The van der Waals surface area contributed by atoms with Gasteiger partial charge in [0.1, 0.15) is 17.3 Å². The lowest BCUT2D eigenvalue weighted by atomic mass is 10.2. The molecule has 1 atom stereocenters. The van der Waals surface area contributed by atoms with Crippen LogP contribution < -0.4 is 15.8 Å². The van der Waals surface area contributed by atoms with E-state index in [1.54, 1.807) is 26.2 Å². The Morgan fingerprint density at radius 3 is 2.81 bits per heavy atom. The Morgan fingerprint density at radius 1 is 1.43 bits per heavy atom. The van der Waals surface area contributed by atoms with Gasteiger partial charge >= 0.3 is 0 Å². The third-order valence-electron chi connectivity index (χ3n) is 3.11. The summed E-state index contributed by atoms with van der Waals surface area (Å²) in [5, 5.41) is 3.50.